The number of piperazine rings is 1. The Morgan fingerprint density at radius 3 is 2.31 bits per heavy atom. The van der Waals surface area contributed by atoms with Crippen LogP contribution >= 0.6 is 40.2 Å². The van der Waals surface area contributed by atoms with Crippen molar-refractivity contribution >= 4 is 68.6 Å². The molecule has 3 aromatic carbocycles. The highest BCUT2D eigenvalue weighted by atomic mass is 79.9. The molecule has 1 fully saturated rings. The molecule has 2 aromatic heterocycles. The van der Waals surface area contributed by atoms with Crippen molar-refractivity contribution in [3.63, 3.8) is 0 Å². The summed E-state index contributed by atoms with van der Waals surface area (Å²) in [7, 11) is 1.90. The van der Waals surface area contributed by atoms with Gasteiger partial charge in [0.05, 0.1) is 34.1 Å². The van der Waals surface area contributed by atoms with Gasteiger partial charge in [-0.25, -0.2) is 4.98 Å². The number of amides is 2. The average Bonchev–Trinajstić information content (AvgIpc) is 3.41. The van der Waals surface area contributed by atoms with E-state index in [9.17, 15) is 9.59 Å². The van der Waals surface area contributed by atoms with Gasteiger partial charge in [-0.2, -0.15) is 0 Å². The van der Waals surface area contributed by atoms with Gasteiger partial charge in [0, 0.05) is 62.9 Å². The Kier molecular flexibility index (Phi) is 11.6. The molecule has 2 amide bonds. The molecule has 6 rings (SSSR count). The molecule has 1 aliphatic rings. The normalized spacial score (nSPS) is 13.2. The highest BCUT2D eigenvalue weighted by Crippen LogP contribution is 2.28. The van der Waals surface area contributed by atoms with Gasteiger partial charge in [0.25, 0.3) is 11.8 Å². The topological polar surface area (TPSA) is 88.9 Å². The Bertz CT molecular complexity index is 1890. The maximum Gasteiger partial charge on any atom is 0.270 e. The number of nitrogens with zero attached hydrogens (tertiary/aromatic N) is 4. The third-order valence-electron chi connectivity index (χ3n) is 8.10. The third-order valence-corrected chi connectivity index (χ3v) is 8.84. The summed E-state index contributed by atoms with van der Waals surface area (Å²) in [6.07, 6.45) is 2.50. The largest absolute Gasteiger partial charge is 0.494 e. The molecule has 5 aromatic rings. The van der Waals surface area contributed by atoms with Gasteiger partial charge < -0.3 is 24.3 Å². The van der Waals surface area contributed by atoms with Crippen LogP contribution in [0.15, 0.2) is 85.1 Å². The van der Waals surface area contributed by atoms with Crippen LogP contribution < -0.4 is 14.8 Å². The van der Waals surface area contributed by atoms with Crippen LogP contribution in [-0.4, -0.2) is 64.0 Å². The molecular weight excluding hydrogens is 717 g/mol. The van der Waals surface area contributed by atoms with Gasteiger partial charge >= 0.3 is 0 Å². The molecule has 12 heteroatoms. The molecule has 0 atom stereocenters. The van der Waals surface area contributed by atoms with Crippen LogP contribution in [0.5, 0.6) is 17.4 Å². The molecule has 0 radical (unpaired) electrons. The van der Waals surface area contributed by atoms with Crippen LogP contribution in [0, 0.1) is 0 Å². The molecular formula is C36H36BrCl2N5O4. The zero-order valence-corrected chi connectivity index (χ0v) is 29.8. The number of rotatable bonds is 10. The molecule has 48 heavy (non-hydrogen) atoms. The first-order valence-corrected chi connectivity index (χ1v) is 16.3. The van der Waals surface area contributed by atoms with E-state index in [2.05, 4.69) is 34.3 Å². The van der Waals surface area contributed by atoms with E-state index in [0.717, 1.165) is 49.3 Å². The molecule has 0 aliphatic carbocycles. The summed E-state index contributed by atoms with van der Waals surface area (Å²) in [6, 6.07) is 23.9. The second-order valence-corrected chi connectivity index (χ2v) is 12.3. The summed E-state index contributed by atoms with van der Waals surface area (Å²) in [4.78, 5) is 34.8. The van der Waals surface area contributed by atoms with E-state index in [1.54, 1.807) is 24.3 Å². The number of hydrogen-bond acceptors (Lipinski definition) is 6. The lowest BCUT2D eigenvalue weighted by molar-refractivity contribution is 0.0619. The summed E-state index contributed by atoms with van der Waals surface area (Å²) in [5.74, 6) is 1.52. The highest BCUT2D eigenvalue weighted by molar-refractivity contribution is 8.93. The van der Waals surface area contributed by atoms with Crippen molar-refractivity contribution in [3.05, 3.63) is 112 Å². The monoisotopic (exact) mass is 751 g/mol. The number of carbonyl (C=O) groups is 2. The van der Waals surface area contributed by atoms with E-state index < -0.39 is 0 Å². The number of carbonyl (C=O) groups excluding carboxylic acids is 2. The van der Waals surface area contributed by atoms with Gasteiger partial charge in [-0.15, -0.1) is 17.0 Å². The van der Waals surface area contributed by atoms with Gasteiger partial charge in [0.2, 0.25) is 5.88 Å². The minimum Gasteiger partial charge on any atom is -0.494 e. The quantitative estimate of drug-likeness (QED) is 0.155. The van der Waals surface area contributed by atoms with Gasteiger partial charge in [-0.3, -0.25) is 14.5 Å². The van der Waals surface area contributed by atoms with Crippen LogP contribution in [0.1, 0.15) is 39.8 Å². The number of halogens is 3. The van der Waals surface area contributed by atoms with Gasteiger partial charge in [-0.1, -0.05) is 42.3 Å². The minimum absolute atomic E-state index is 0. The number of nitrogens with one attached hydrogen (secondary N) is 1. The number of pyridine rings is 1. The lowest BCUT2D eigenvalue weighted by Crippen LogP contribution is -2.48. The lowest BCUT2D eigenvalue weighted by atomic mass is 10.2. The second-order valence-electron chi connectivity index (χ2n) is 11.4. The zero-order chi connectivity index (χ0) is 32.9. The predicted molar refractivity (Wildman–Crippen MR) is 195 cm³/mol. The Balaban J connectivity index is 0.00000451. The maximum atomic E-state index is 13.6. The number of hydrogen-bond donors (Lipinski definition) is 1. The molecule has 250 valence electrons. The minimum atomic E-state index is -0.334. The molecule has 9 nitrogen and oxygen atoms in total. The Hall–Kier alpha value is -4.09. The standard InChI is InChI=1S/C36H35Cl2N5O4.BrH/c1-3-18-46-28-9-4-24(5-10-28)23-42-14-16-43(17-15-42)36(45)33-20-25-6-11-29(21-32(25)41(33)2)47-34-13-8-27(22-39-34)40-35(44)26-7-12-30(37)31(38)19-26;/h4-13,19-22H,3,14-18,23H2,1-2H3,(H,40,44);1H. The van der Waals surface area contributed by atoms with Crippen LogP contribution in [-0.2, 0) is 13.6 Å². The van der Waals surface area contributed by atoms with Crippen molar-refractivity contribution < 1.29 is 19.1 Å². The van der Waals surface area contributed by atoms with E-state index in [1.807, 2.05) is 52.9 Å². The fraction of sp³-hybridized carbons (Fsp3) is 0.250. The van der Waals surface area contributed by atoms with Crippen molar-refractivity contribution in [2.45, 2.75) is 19.9 Å². The number of anilines is 1. The van der Waals surface area contributed by atoms with Gasteiger partial charge in [0.1, 0.15) is 17.2 Å². The SMILES string of the molecule is Br.CCCOc1ccc(CN2CCN(C(=O)c3cc4ccc(Oc5ccc(NC(=O)c6ccc(Cl)c(Cl)c6)cn5)cc4n3C)CC2)cc1. The van der Waals surface area contributed by atoms with Crippen molar-refractivity contribution in [1.29, 1.82) is 0 Å². The molecule has 1 N–H and O–H groups in total. The number of aromatic nitrogens is 2. The Morgan fingerprint density at radius 1 is 0.875 bits per heavy atom. The second kappa shape index (κ2) is 15.9. The molecule has 0 bridgehead atoms. The van der Waals surface area contributed by atoms with E-state index in [-0.39, 0.29) is 28.8 Å². The van der Waals surface area contributed by atoms with Crippen LogP contribution in [0.3, 0.4) is 0 Å². The number of fused-ring (bicyclic) bond motifs is 1. The van der Waals surface area contributed by atoms with Crippen molar-refractivity contribution in [2.75, 3.05) is 38.1 Å². The van der Waals surface area contributed by atoms with Crippen LogP contribution in [0.4, 0.5) is 5.69 Å². The Morgan fingerprint density at radius 2 is 1.62 bits per heavy atom. The first-order valence-electron chi connectivity index (χ1n) is 15.5. The van der Waals surface area contributed by atoms with Crippen LogP contribution in [0.25, 0.3) is 10.9 Å². The summed E-state index contributed by atoms with van der Waals surface area (Å²) in [5.41, 5.74) is 3.63. The first-order chi connectivity index (χ1) is 22.8. The smallest absolute Gasteiger partial charge is 0.270 e. The van der Waals surface area contributed by atoms with Crippen LogP contribution in [0.2, 0.25) is 10.0 Å². The molecule has 3 heterocycles. The lowest BCUT2D eigenvalue weighted by Gasteiger charge is -2.34. The predicted octanol–water partition coefficient (Wildman–Crippen LogP) is 8.25. The van der Waals surface area contributed by atoms with Gasteiger partial charge in [0.15, 0.2) is 0 Å². The zero-order valence-electron chi connectivity index (χ0n) is 26.6. The summed E-state index contributed by atoms with van der Waals surface area (Å²) in [5, 5.41) is 4.41. The summed E-state index contributed by atoms with van der Waals surface area (Å²) < 4.78 is 13.6. The fourth-order valence-corrected chi connectivity index (χ4v) is 5.79. The third kappa shape index (κ3) is 8.30. The number of aryl methyl sites for hydroxylation is 1. The fourth-order valence-electron chi connectivity index (χ4n) is 5.49. The molecule has 0 unspecified atom stereocenters. The van der Waals surface area contributed by atoms with E-state index in [0.29, 0.717) is 51.7 Å². The Labute approximate surface area is 300 Å². The van der Waals surface area contributed by atoms with E-state index in [1.165, 1.54) is 17.8 Å². The maximum absolute atomic E-state index is 13.6. The van der Waals surface area contributed by atoms with Crippen molar-refractivity contribution in [3.8, 4) is 17.4 Å². The number of benzene rings is 3. The molecule has 0 saturated carbocycles. The first kappa shape index (κ1) is 35.2. The van der Waals surface area contributed by atoms with E-state index >= 15 is 0 Å². The summed E-state index contributed by atoms with van der Waals surface area (Å²) in [6.45, 7) is 6.63. The van der Waals surface area contributed by atoms with Gasteiger partial charge in [-0.05, 0) is 66.6 Å². The molecule has 0 spiro atoms. The average molecular weight is 754 g/mol. The molecule has 1 aliphatic heterocycles. The summed E-state index contributed by atoms with van der Waals surface area (Å²) >= 11 is 12.0. The van der Waals surface area contributed by atoms with Crippen molar-refractivity contribution in [1.82, 2.24) is 19.4 Å². The number of ether oxygens (including phenoxy) is 2. The van der Waals surface area contributed by atoms with E-state index in [4.69, 9.17) is 32.7 Å². The molecule has 1 saturated heterocycles. The van der Waals surface area contributed by atoms with Crippen molar-refractivity contribution in [2.24, 2.45) is 7.05 Å². The highest BCUT2D eigenvalue weighted by Gasteiger charge is 2.25.